The van der Waals surface area contributed by atoms with Crippen LogP contribution in [0.25, 0.3) is 17.4 Å². The predicted octanol–water partition coefficient (Wildman–Crippen LogP) is 2.45. The summed E-state index contributed by atoms with van der Waals surface area (Å²) < 4.78 is 6.01. The van der Waals surface area contributed by atoms with E-state index >= 15 is 0 Å². The van der Waals surface area contributed by atoms with Crippen molar-refractivity contribution in [1.82, 2.24) is 5.32 Å². The molecule has 3 rings (SSSR count). The Morgan fingerprint density at radius 2 is 2.13 bits per heavy atom. The van der Waals surface area contributed by atoms with E-state index in [4.69, 9.17) is 28.2 Å². The second kappa shape index (κ2) is 6.19. The van der Waals surface area contributed by atoms with Crippen molar-refractivity contribution in [2.45, 2.75) is 0 Å². The Morgan fingerprint density at radius 3 is 2.78 bits per heavy atom. The van der Waals surface area contributed by atoms with Crippen LogP contribution < -0.4 is 10.4 Å². The van der Waals surface area contributed by atoms with Gasteiger partial charge in [-0.25, -0.2) is 0 Å². The van der Waals surface area contributed by atoms with Gasteiger partial charge in [0.1, 0.15) is 15.8 Å². The van der Waals surface area contributed by atoms with Crippen molar-refractivity contribution < 1.29 is 19.1 Å². The molecule has 116 valence electrons. The van der Waals surface area contributed by atoms with Crippen molar-refractivity contribution >= 4 is 57.9 Å². The summed E-state index contributed by atoms with van der Waals surface area (Å²) in [5, 5.41) is 13.6. The fourth-order valence-electron chi connectivity index (χ4n) is 1.97. The fraction of sp³-hybridized carbons (Fsp3) is 0. The monoisotopic (exact) mass is 364 g/mol. The molecule has 1 aliphatic heterocycles. The van der Waals surface area contributed by atoms with Crippen molar-refractivity contribution in [3.8, 4) is 11.3 Å². The van der Waals surface area contributed by atoms with Crippen LogP contribution in [-0.2, 0) is 4.79 Å². The van der Waals surface area contributed by atoms with E-state index in [2.05, 4.69) is 5.32 Å². The standard InChI is InChI=1S/C15H8ClNO4S2/c16-10-3-1-7(5-9(10)14(19)20)11-4-2-8(21-11)6-12-13(18)17-15(22)23-12/h1-6H,(H,19,20)(H,17,18,22)/p-1/b12-6-. The van der Waals surface area contributed by atoms with Crippen molar-refractivity contribution in [1.29, 1.82) is 0 Å². The lowest BCUT2D eigenvalue weighted by Crippen LogP contribution is -2.22. The highest BCUT2D eigenvalue weighted by Crippen LogP contribution is 2.30. The fourth-order valence-corrected chi connectivity index (χ4v) is 3.19. The number of carboxylic acid groups (broad SMARTS) is 1. The SMILES string of the molecule is O=C1NC(=S)S/C1=C\c1ccc(-c2ccc(Cl)c(C(=O)[O-])c2)o1. The van der Waals surface area contributed by atoms with Crippen LogP contribution in [0.2, 0.25) is 5.02 Å². The van der Waals surface area contributed by atoms with Crippen molar-refractivity contribution in [2.75, 3.05) is 0 Å². The maximum atomic E-state index is 11.6. The summed E-state index contributed by atoms with van der Waals surface area (Å²) in [6.45, 7) is 0. The molecule has 0 unspecified atom stereocenters. The van der Waals surface area contributed by atoms with Crippen LogP contribution >= 0.6 is 35.6 Å². The number of thioether (sulfide) groups is 1. The number of carboxylic acids is 1. The largest absolute Gasteiger partial charge is 0.545 e. The van der Waals surface area contributed by atoms with E-state index in [0.29, 0.717) is 26.3 Å². The smallest absolute Gasteiger partial charge is 0.263 e. The Bertz CT molecular complexity index is 872. The summed E-state index contributed by atoms with van der Waals surface area (Å²) in [7, 11) is 0. The Labute approximate surface area is 145 Å². The van der Waals surface area contributed by atoms with E-state index in [1.165, 1.54) is 12.1 Å². The zero-order valence-electron chi connectivity index (χ0n) is 11.3. The van der Waals surface area contributed by atoms with Gasteiger partial charge in [0.05, 0.1) is 10.9 Å². The Hall–Kier alpha value is -2.09. The maximum absolute atomic E-state index is 11.6. The van der Waals surface area contributed by atoms with Crippen LogP contribution in [0.4, 0.5) is 0 Å². The molecule has 1 aromatic carbocycles. The third-order valence-electron chi connectivity index (χ3n) is 3.01. The number of carbonyl (C=O) groups is 2. The molecular weight excluding hydrogens is 358 g/mol. The molecule has 1 aliphatic rings. The zero-order chi connectivity index (χ0) is 16.6. The number of halogens is 1. The molecule has 0 radical (unpaired) electrons. The molecule has 2 heterocycles. The summed E-state index contributed by atoms with van der Waals surface area (Å²) in [5.74, 6) is -0.740. The third kappa shape index (κ3) is 3.31. The molecule has 1 fully saturated rings. The van der Waals surface area contributed by atoms with Crippen LogP contribution in [0.1, 0.15) is 16.1 Å². The quantitative estimate of drug-likeness (QED) is 0.665. The second-order valence-corrected chi connectivity index (χ2v) is 6.66. The predicted molar refractivity (Wildman–Crippen MR) is 89.8 cm³/mol. The van der Waals surface area contributed by atoms with Gasteiger partial charge in [-0.05, 0) is 30.3 Å². The van der Waals surface area contributed by atoms with Gasteiger partial charge in [0.2, 0.25) is 0 Å². The summed E-state index contributed by atoms with van der Waals surface area (Å²) >= 11 is 11.9. The van der Waals surface area contributed by atoms with E-state index in [-0.39, 0.29) is 16.5 Å². The summed E-state index contributed by atoms with van der Waals surface area (Å²) in [5.41, 5.74) is 0.425. The molecule has 1 aromatic heterocycles. The number of carbonyl (C=O) groups excluding carboxylic acids is 2. The zero-order valence-corrected chi connectivity index (χ0v) is 13.7. The lowest BCUT2D eigenvalue weighted by atomic mass is 10.1. The molecule has 0 aliphatic carbocycles. The van der Waals surface area contributed by atoms with E-state index in [1.54, 1.807) is 24.3 Å². The first kappa shape index (κ1) is 15.8. The van der Waals surface area contributed by atoms with E-state index < -0.39 is 5.97 Å². The first-order chi connectivity index (χ1) is 10.9. The van der Waals surface area contributed by atoms with Crippen LogP contribution in [0.15, 0.2) is 39.7 Å². The van der Waals surface area contributed by atoms with Gasteiger partial charge in [0.15, 0.2) is 0 Å². The topological polar surface area (TPSA) is 82.4 Å². The Kier molecular flexibility index (Phi) is 4.25. The molecule has 0 bridgehead atoms. The van der Waals surface area contributed by atoms with Crippen molar-refractivity contribution in [3.05, 3.63) is 51.6 Å². The van der Waals surface area contributed by atoms with Crippen LogP contribution in [0.5, 0.6) is 0 Å². The summed E-state index contributed by atoms with van der Waals surface area (Å²) in [6, 6.07) is 7.81. The average molecular weight is 365 g/mol. The van der Waals surface area contributed by atoms with Gasteiger partial charge in [0, 0.05) is 22.2 Å². The van der Waals surface area contributed by atoms with Gasteiger partial charge < -0.3 is 19.6 Å². The highest BCUT2D eigenvalue weighted by atomic mass is 35.5. The van der Waals surface area contributed by atoms with Crippen molar-refractivity contribution in [2.24, 2.45) is 0 Å². The summed E-state index contributed by atoms with van der Waals surface area (Å²) in [6.07, 6.45) is 1.57. The molecule has 5 nitrogen and oxygen atoms in total. The lowest BCUT2D eigenvalue weighted by Gasteiger charge is -2.06. The molecule has 0 atom stereocenters. The number of nitrogens with one attached hydrogen (secondary N) is 1. The van der Waals surface area contributed by atoms with Gasteiger partial charge in [-0.1, -0.05) is 35.6 Å². The molecule has 0 spiro atoms. The van der Waals surface area contributed by atoms with Crippen molar-refractivity contribution in [3.63, 3.8) is 0 Å². The van der Waals surface area contributed by atoms with E-state index in [0.717, 1.165) is 11.8 Å². The molecule has 23 heavy (non-hydrogen) atoms. The van der Waals surface area contributed by atoms with Crippen LogP contribution in [0, 0.1) is 0 Å². The summed E-state index contributed by atoms with van der Waals surface area (Å²) in [4.78, 5) is 23.1. The third-order valence-corrected chi connectivity index (χ3v) is 4.51. The average Bonchev–Trinajstić information content (AvgIpc) is 3.06. The number of benzene rings is 1. The minimum atomic E-state index is -1.36. The van der Waals surface area contributed by atoms with Gasteiger partial charge in [-0.2, -0.15) is 0 Å². The highest BCUT2D eigenvalue weighted by Gasteiger charge is 2.22. The number of hydrogen-bond donors (Lipinski definition) is 1. The lowest BCUT2D eigenvalue weighted by molar-refractivity contribution is -0.255. The van der Waals surface area contributed by atoms with Crippen LogP contribution in [-0.4, -0.2) is 16.2 Å². The molecule has 1 saturated heterocycles. The van der Waals surface area contributed by atoms with E-state index in [1.807, 2.05) is 0 Å². The number of aromatic carboxylic acids is 1. The van der Waals surface area contributed by atoms with Gasteiger partial charge in [0.25, 0.3) is 5.91 Å². The number of furan rings is 1. The number of thiocarbonyl (C=S) groups is 1. The maximum Gasteiger partial charge on any atom is 0.263 e. The highest BCUT2D eigenvalue weighted by molar-refractivity contribution is 8.26. The molecule has 2 aromatic rings. The first-order valence-electron chi connectivity index (χ1n) is 6.30. The molecule has 1 N–H and O–H groups in total. The molecular formula is C15H7ClNO4S2-. The first-order valence-corrected chi connectivity index (χ1v) is 7.90. The molecule has 0 saturated carbocycles. The molecule has 8 heteroatoms. The number of hydrogen-bond acceptors (Lipinski definition) is 6. The Balaban J connectivity index is 1.92. The van der Waals surface area contributed by atoms with Gasteiger partial charge in [-0.3, -0.25) is 4.79 Å². The van der Waals surface area contributed by atoms with Crippen LogP contribution in [0.3, 0.4) is 0 Å². The minimum Gasteiger partial charge on any atom is -0.545 e. The normalized spacial score (nSPS) is 16.0. The minimum absolute atomic E-state index is 0.0928. The number of amides is 1. The second-order valence-electron chi connectivity index (χ2n) is 4.54. The Morgan fingerprint density at radius 1 is 1.35 bits per heavy atom. The van der Waals surface area contributed by atoms with Gasteiger partial charge in [-0.15, -0.1) is 0 Å². The van der Waals surface area contributed by atoms with E-state index in [9.17, 15) is 14.7 Å². The number of rotatable bonds is 3. The van der Waals surface area contributed by atoms with Gasteiger partial charge >= 0.3 is 0 Å². The molecule has 1 amide bonds.